The van der Waals surface area contributed by atoms with E-state index >= 15 is 0 Å². The fourth-order valence-electron chi connectivity index (χ4n) is 2.76. The summed E-state index contributed by atoms with van der Waals surface area (Å²) in [5, 5.41) is 13.0. The van der Waals surface area contributed by atoms with Crippen molar-refractivity contribution >= 4 is 10.0 Å². The van der Waals surface area contributed by atoms with Crippen LogP contribution in [0.3, 0.4) is 0 Å². The highest BCUT2D eigenvalue weighted by molar-refractivity contribution is 7.89. The summed E-state index contributed by atoms with van der Waals surface area (Å²) in [4.78, 5) is 2.20. The summed E-state index contributed by atoms with van der Waals surface area (Å²) in [6.45, 7) is 4.46. The Morgan fingerprint density at radius 2 is 1.96 bits per heavy atom. The van der Waals surface area contributed by atoms with Gasteiger partial charge in [-0.3, -0.25) is 4.90 Å². The number of nitriles is 1. The molecule has 0 radical (unpaired) electrons. The Bertz CT molecular complexity index is 861. The van der Waals surface area contributed by atoms with Crippen LogP contribution in [0.25, 0.3) is 0 Å². The molecule has 0 aliphatic carbocycles. The molecule has 0 bridgehead atoms. The highest BCUT2D eigenvalue weighted by atomic mass is 32.2. The number of rotatable bonds is 4. The summed E-state index contributed by atoms with van der Waals surface area (Å²) in [6, 6.07) is 10.1. The van der Waals surface area contributed by atoms with Crippen LogP contribution >= 0.6 is 0 Å². The van der Waals surface area contributed by atoms with Crippen molar-refractivity contribution in [2.45, 2.75) is 18.4 Å². The maximum atomic E-state index is 12.8. The lowest BCUT2D eigenvalue weighted by molar-refractivity contribution is 0.166. The molecule has 1 saturated heterocycles. The monoisotopic (exact) mass is 346 g/mol. The van der Waals surface area contributed by atoms with E-state index in [1.807, 2.05) is 19.1 Å². The van der Waals surface area contributed by atoms with Crippen molar-refractivity contribution < 1.29 is 12.9 Å². The maximum absolute atomic E-state index is 12.8. The third kappa shape index (κ3) is 3.33. The summed E-state index contributed by atoms with van der Waals surface area (Å²) in [7, 11) is -3.65. The number of aromatic nitrogens is 1. The first-order valence-electron chi connectivity index (χ1n) is 7.64. The molecule has 1 aromatic heterocycles. The largest absolute Gasteiger partial charge is 0.360 e. The van der Waals surface area contributed by atoms with E-state index in [1.165, 1.54) is 16.4 Å². The molecular formula is C16H18N4O3S. The molecule has 1 aromatic carbocycles. The van der Waals surface area contributed by atoms with E-state index < -0.39 is 10.0 Å². The lowest BCUT2D eigenvalue weighted by Crippen LogP contribution is -2.48. The van der Waals surface area contributed by atoms with Gasteiger partial charge in [-0.15, -0.1) is 0 Å². The van der Waals surface area contributed by atoms with Gasteiger partial charge in [0.15, 0.2) is 5.76 Å². The van der Waals surface area contributed by atoms with E-state index in [0.717, 1.165) is 11.5 Å². The molecule has 1 fully saturated rings. The van der Waals surface area contributed by atoms with E-state index in [2.05, 4.69) is 10.1 Å². The number of hydrogen-bond acceptors (Lipinski definition) is 6. The van der Waals surface area contributed by atoms with Gasteiger partial charge in [0.25, 0.3) is 0 Å². The Balaban J connectivity index is 1.68. The summed E-state index contributed by atoms with van der Waals surface area (Å²) in [5.74, 6) is 0.777. The molecule has 8 heteroatoms. The summed E-state index contributed by atoms with van der Waals surface area (Å²) >= 11 is 0. The van der Waals surface area contributed by atoms with Crippen molar-refractivity contribution in [3.05, 3.63) is 47.3 Å². The molecule has 7 nitrogen and oxygen atoms in total. The van der Waals surface area contributed by atoms with Gasteiger partial charge in [0, 0.05) is 32.2 Å². The Labute approximate surface area is 141 Å². The van der Waals surface area contributed by atoms with Crippen LogP contribution in [0.15, 0.2) is 39.8 Å². The quantitative estimate of drug-likeness (QED) is 0.830. The Hall–Kier alpha value is -2.21. The molecule has 2 aromatic rings. The van der Waals surface area contributed by atoms with Crippen molar-refractivity contribution in [1.29, 1.82) is 5.26 Å². The van der Waals surface area contributed by atoms with E-state index in [1.54, 1.807) is 12.1 Å². The predicted octanol–water partition coefficient (Wildman–Crippen LogP) is 1.36. The molecule has 0 unspecified atom stereocenters. The second kappa shape index (κ2) is 6.73. The second-order valence-corrected chi connectivity index (χ2v) is 7.63. The zero-order valence-corrected chi connectivity index (χ0v) is 14.2. The Morgan fingerprint density at radius 3 is 2.58 bits per heavy atom. The molecule has 0 spiro atoms. The molecule has 2 heterocycles. The normalized spacial score (nSPS) is 16.8. The average molecular weight is 346 g/mol. The van der Waals surface area contributed by atoms with E-state index in [0.29, 0.717) is 32.7 Å². The third-order valence-corrected chi connectivity index (χ3v) is 5.97. The molecule has 0 amide bonds. The molecule has 1 aliphatic heterocycles. The van der Waals surface area contributed by atoms with Crippen LogP contribution in [0.1, 0.15) is 17.0 Å². The van der Waals surface area contributed by atoms with E-state index in [-0.39, 0.29) is 10.5 Å². The van der Waals surface area contributed by atoms with Gasteiger partial charge in [0.1, 0.15) is 6.07 Å². The molecule has 0 atom stereocenters. The van der Waals surface area contributed by atoms with Crippen LogP contribution in [0.2, 0.25) is 0 Å². The predicted molar refractivity (Wildman–Crippen MR) is 86.4 cm³/mol. The van der Waals surface area contributed by atoms with Gasteiger partial charge in [-0.2, -0.15) is 9.57 Å². The number of benzene rings is 1. The zero-order valence-electron chi connectivity index (χ0n) is 13.3. The van der Waals surface area contributed by atoms with Crippen molar-refractivity contribution in [3.63, 3.8) is 0 Å². The SMILES string of the molecule is Cc1cc(CN2CCN(S(=O)(=O)c3ccccc3C#N)CC2)on1. The van der Waals surface area contributed by atoms with E-state index in [9.17, 15) is 8.42 Å². The van der Waals surface area contributed by atoms with Gasteiger partial charge < -0.3 is 4.52 Å². The van der Waals surface area contributed by atoms with Crippen molar-refractivity contribution in [1.82, 2.24) is 14.4 Å². The highest BCUT2D eigenvalue weighted by Crippen LogP contribution is 2.21. The Morgan fingerprint density at radius 1 is 1.25 bits per heavy atom. The highest BCUT2D eigenvalue weighted by Gasteiger charge is 2.30. The molecule has 3 rings (SSSR count). The van der Waals surface area contributed by atoms with Crippen LogP contribution in [-0.4, -0.2) is 49.0 Å². The summed E-state index contributed by atoms with van der Waals surface area (Å²) in [5.41, 5.74) is 1.01. The first-order chi connectivity index (χ1) is 11.5. The first kappa shape index (κ1) is 16.6. The average Bonchev–Trinajstić information content (AvgIpc) is 3.00. The lowest BCUT2D eigenvalue weighted by atomic mass is 10.2. The van der Waals surface area contributed by atoms with Gasteiger partial charge in [0.2, 0.25) is 10.0 Å². The zero-order chi connectivity index (χ0) is 17.2. The second-order valence-electron chi connectivity index (χ2n) is 5.72. The fourth-order valence-corrected chi connectivity index (χ4v) is 4.33. The third-order valence-electron chi connectivity index (χ3n) is 4.01. The molecule has 0 saturated carbocycles. The number of nitrogens with zero attached hydrogens (tertiary/aromatic N) is 4. The minimum absolute atomic E-state index is 0.0757. The molecule has 24 heavy (non-hydrogen) atoms. The first-order valence-corrected chi connectivity index (χ1v) is 9.08. The molecule has 0 N–H and O–H groups in total. The van der Waals surface area contributed by atoms with Crippen LogP contribution < -0.4 is 0 Å². The molecule has 1 aliphatic rings. The van der Waals surface area contributed by atoms with Gasteiger partial charge in [-0.1, -0.05) is 17.3 Å². The number of hydrogen-bond donors (Lipinski definition) is 0. The fraction of sp³-hybridized carbons (Fsp3) is 0.375. The van der Waals surface area contributed by atoms with E-state index in [4.69, 9.17) is 9.78 Å². The van der Waals surface area contributed by atoms with Crippen LogP contribution in [0.5, 0.6) is 0 Å². The molecule has 126 valence electrons. The lowest BCUT2D eigenvalue weighted by Gasteiger charge is -2.33. The minimum atomic E-state index is -3.65. The number of sulfonamides is 1. The smallest absolute Gasteiger partial charge is 0.244 e. The maximum Gasteiger partial charge on any atom is 0.244 e. The van der Waals surface area contributed by atoms with Gasteiger partial charge in [0.05, 0.1) is 22.7 Å². The number of piperazine rings is 1. The van der Waals surface area contributed by atoms with Crippen LogP contribution in [0, 0.1) is 18.3 Å². The van der Waals surface area contributed by atoms with Gasteiger partial charge in [-0.25, -0.2) is 8.42 Å². The van der Waals surface area contributed by atoms with Crippen LogP contribution in [-0.2, 0) is 16.6 Å². The summed E-state index contributed by atoms with van der Waals surface area (Å²) in [6.07, 6.45) is 0. The standard InChI is InChI=1S/C16H18N4O3S/c1-13-10-15(23-18-13)12-19-6-8-20(9-7-19)24(21,22)16-5-3-2-4-14(16)11-17/h2-5,10H,6-9,12H2,1H3. The van der Waals surface area contributed by atoms with Crippen molar-refractivity contribution in [2.24, 2.45) is 0 Å². The van der Waals surface area contributed by atoms with Crippen molar-refractivity contribution in [3.8, 4) is 6.07 Å². The van der Waals surface area contributed by atoms with Crippen LogP contribution in [0.4, 0.5) is 0 Å². The summed E-state index contributed by atoms with van der Waals surface area (Å²) < 4.78 is 32.2. The van der Waals surface area contributed by atoms with Gasteiger partial charge in [-0.05, 0) is 19.1 Å². The molecular weight excluding hydrogens is 328 g/mol. The Kier molecular flexibility index (Phi) is 4.66. The topological polar surface area (TPSA) is 90.4 Å². The minimum Gasteiger partial charge on any atom is -0.360 e. The van der Waals surface area contributed by atoms with Crippen molar-refractivity contribution in [2.75, 3.05) is 26.2 Å². The number of aryl methyl sites for hydroxylation is 1. The van der Waals surface area contributed by atoms with Gasteiger partial charge >= 0.3 is 0 Å².